The highest BCUT2D eigenvalue weighted by Crippen LogP contribution is 2.21. The highest BCUT2D eigenvalue weighted by Gasteiger charge is 2.00. The molecule has 0 fully saturated rings. The van der Waals surface area contributed by atoms with Gasteiger partial charge in [-0.05, 0) is 47.6 Å². The van der Waals surface area contributed by atoms with E-state index in [4.69, 9.17) is 5.73 Å². The number of rotatable bonds is 0. The van der Waals surface area contributed by atoms with Gasteiger partial charge in [0.1, 0.15) is 0 Å². The van der Waals surface area contributed by atoms with Crippen LogP contribution in [0.2, 0.25) is 0 Å². The number of halogens is 1. The molecule has 0 amide bonds. The molecule has 0 aliphatic carbocycles. The molecule has 0 spiro atoms. The van der Waals surface area contributed by atoms with Crippen LogP contribution in [0.25, 0.3) is 0 Å². The lowest BCUT2D eigenvalue weighted by atomic mass is 10.1. The molecule has 0 heterocycles. The summed E-state index contributed by atoms with van der Waals surface area (Å²) < 4.78 is 1.18. The predicted octanol–water partition coefficient (Wildman–Crippen LogP) is 2.49. The number of nitrogens with two attached hydrogens (primary N) is 1. The maximum Gasteiger partial charge on any atom is 0.0482 e. The molecular formula is C8H10IN. The van der Waals surface area contributed by atoms with Gasteiger partial charge in [-0.15, -0.1) is 0 Å². The normalized spacial score (nSPS) is 9.90. The van der Waals surface area contributed by atoms with E-state index in [0.717, 1.165) is 11.3 Å². The highest BCUT2D eigenvalue weighted by molar-refractivity contribution is 14.1. The van der Waals surface area contributed by atoms with E-state index < -0.39 is 0 Å². The van der Waals surface area contributed by atoms with Crippen molar-refractivity contribution in [2.24, 2.45) is 0 Å². The largest absolute Gasteiger partial charge is 0.398 e. The van der Waals surface area contributed by atoms with Crippen LogP contribution in [0.3, 0.4) is 0 Å². The molecule has 1 rings (SSSR count). The molecule has 1 aromatic carbocycles. The maximum absolute atomic E-state index is 5.78. The summed E-state index contributed by atoms with van der Waals surface area (Å²) in [7, 11) is 0. The number of aryl methyl sites for hydroxylation is 2. The molecule has 0 atom stereocenters. The number of hydrogen-bond acceptors (Lipinski definition) is 1. The molecule has 0 saturated carbocycles. The number of benzene rings is 1. The van der Waals surface area contributed by atoms with Crippen LogP contribution in [0.1, 0.15) is 11.1 Å². The summed E-state index contributed by atoms with van der Waals surface area (Å²) in [6, 6.07) is 4.14. The first-order valence-electron chi connectivity index (χ1n) is 3.14. The topological polar surface area (TPSA) is 26.0 Å². The van der Waals surface area contributed by atoms with E-state index >= 15 is 0 Å². The zero-order chi connectivity index (χ0) is 7.72. The van der Waals surface area contributed by atoms with Crippen molar-refractivity contribution in [3.05, 3.63) is 26.8 Å². The predicted molar refractivity (Wildman–Crippen MR) is 53.0 cm³/mol. The van der Waals surface area contributed by atoms with Gasteiger partial charge in [0.25, 0.3) is 0 Å². The average Bonchev–Trinajstić information content (AvgIpc) is 1.93. The van der Waals surface area contributed by atoms with Crippen molar-refractivity contribution in [2.45, 2.75) is 13.8 Å². The zero-order valence-electron chi connectivity index (χ0n) is 6.11. The SMILES string of the molecule is Cc1ccc(C)c(I)c1N. The third-order valence-electron chi connectivity index (χ3n) is 1.59. The summed E-state index contributed by atoms with van der Waals surface area (Å²) in [4.78, 5) is 0. The maximum atomic E-state index is 5.78. The van der Waals surface area contributed by atoms with Gasteiger partial charge in [-0.2, -0.15) is 0 Å². The fourth-order valence-electron chi connectivity index (χ4n) is 0.798. The number of hydrogen-bond donors (Lipinski definition) is 1. The quantitative estimate of drug-likeness (QED) is 0.553. The Morgan fingerprint density at radius 1 is 1.20 bits per heavy atom. The zero-order valence-corrected chi connectivity index (χ0v) is 8.27. The van der Waals surface area contributed by atoms with E-state index in [-0.39, 0.29) is 0 Å². The summed E-state index contributed by atoms with van der Waals surface area (Å²) in [5, 5.41) is 0. The van der Waals surface area contributed by atoms with Gasteiger partial charge in [0, 0.05) is 9.26 Å². The van der Waals surface area contributed by atoms with Crippen molar-refractivity contribution >= 4 is 28.3 Å². The van der Waals surface area contributed by atoms with Crippen LogP contribution < -0.4 is 5.73 Å². The second-order valence-electron chi connectivity index (χ2n) is 2.43. The van der Waals surface area contributed by atoms with Gasteiger partial charge < -0.3 is 5.73 Å². The molecule has 10 heavy (non-hydrogen) atoms. The molecule has 0 bridgehead atoms. The Labute approximate surface area is 74.8 Å². The second kappa shape index (κ2) is 2.78. The Kier molecular flexibility index (Phi) is 2.18. The lowest BCUT2D eigenvalue weighted by molar-refractivity contribution is 1.37. The van der Waals surface area contributed by atoms with Gasteiger partial charge in [0.2, 0.25) is 0 Å². The molecule has 0 saturated heterocycles. The van der Waals surface area contributed by atoms with Crippen molar-refractivity contribution in [3.8, 4) is 0 Å². The fourth-order valence-corrected chi connectivity index (χ4v) is 1.40. The Morgan fingerprint density at radius 3 is 2.20 bits per heavy atom. The molecule has 2 N–H and O–H groups in total. The van der Waals surface area contributed by atoms with E-state index in [1.807, 2.05) is 13.0 Å². The van der Waals surface area contributed by atoms with Crippen LogP contribution in [-0.2, 0) is 0 Å². The Balaban J connectivity index is 3.34. The first-order chi connectivity index (χ1) is 4.63. The summed E-state index contributed by atoms with van der Waals surface area (Å²) in [5.41, 5.74) is 9.11. The van der Waals surface area contributed by atoms with Gasteiger partial charge in [0.15, 0.2) is 0 Å². The number of nitrogen functional groups attached to an aromatic ring is 1. The summed E-state index contributed by atoms with van der Waals surface area (Å²) in [5.74, 6) is 0. The Bertz CT molecular complexity index is 229. The van der Waals surface area contributed by atoms with E-state index in [1.54, 1.807) is 0 Å². The van der Waals surface area contributed by atoms with E-state index in [2.05, 4.69) is 35.6 Å². The average molecular weight is 247 g/mol. The van der Waals surface area contributed by atoms with E-state index in [0.29, 0.717) is 0 Å². The Morgan fingerprint density at radius 2 is 1.70 bits per heavy atom. The molecule has 54 valence electrons. The summed E-state index contributed by atoms with van der Waals surface area (Å²) >= 11 is 2.27. The van der Waals surface area contributed by atoms with E-state index in [1.165, 1.54) is 9.13 Å². The lowest BCUT2D eigenvalue weighted by Crippen LogP contribution is -1.94. The van der Waals surface area contributed by atoms with Gasteiger partial charge >= 0.3 is 0 Å². The van der Waals surface area contributed by atoms with Gasteiger partial charge in [0.05, 0.1) is 0 Å². The summed E-state index contributed by atoms with van der Waals surface area (Å²) in [6.45, 7) is 4.09. The minimum absolute atomic E-state index is 0.917. The lowest BCUT2D eigenvalue weighted by Gasteiger charge is -2.04. The first kappa shape index (κ1) is 7.85. The van der Waals surface area contributed by atoms with Crippen LogP contribution in [0.4, 0.5) is 5.69 Å². The third-order valence-corrected chi connectivity index (χ3v) is 3.02. The molecule has 0 aliphatic heterocycles. The monoisotopic (exact) mass is 247 g/mol. The minimum Gasteiger partial charge on any atom is -0.398 e. The van der Waals surface area contributed by atoms with E-state index in [9.17, 15) is 0 Å². The Hall–Kier alpha value is -0.250. The molecular weight excluding hydrogens is 237 g/mol. The van der Waals surface area contributed by atoms with Crippen LogP contribution in [0.15, 0.2) is 12.1 Å². The van der Waals surface area contributed by atoms with Crippen molar-refractivity contribution < 1.29 is 0 Å². The van der Waals surface area contributed by atoms with Crippen LogP contribution in [0.5, 0.6) is 0 Å². The second-order valence-corrected chi connectivity index (χ2v) is 3.51. The molecule has 0 unspecified atom stereocenters. The van der Waals surface area contributed by atoms with Crippen LogP contribution in [-0.4, -0.2) is 0 Å². The van der Waals surface area contributed by atoms with Gasteiger partial charge in [-0.3, -0.25) is 0 Å². The van der Waals surface area contributed by atoms with Crippen molar-refractivity contribution in [1.82, 2.24) is 0 Å². The molecule has 0 aromatic heterocycles. The standard InChI is InChI=1S/C8H10IN/c1-5-3-4-6(2)8(10)7(5)9/h3-4H,10H2,1-2H3. The number of anilines is 1. The first-order valence-corrected chi connectivity index (χ1v) is 4.22. The molecule has 1 aromatic rings. The molecule has 0 radical (unpaired) electrons. The minimum atomic E-state index is 0.917. The molecule has 2 heteroatoms. The van der Waals surface area contributed by atoms with Crippen molar-refractivity contribution in [2.75, 3.05) is 5.73 Å². The molecule has 0 aliphatic rings. The van der Waals surface area contributed by atoms with Crippen molar-refractivity contribution in [3.63, 3.8) is 0 Å². The van der Waals surface area contributed by atoms with Crippen LogP contribution in [0, 0.1) is 17.4 Å². The summed E-state index contributed by atoms with van der Waals surface area (Å²) in [6.07, 6.45) is 0. The molecule has 1 nitrogen and oxygen atoms in total. The smallest absolute Gasteiger partial charge is 0.0482 e. The van der Waals surface area contributed by atoms with Gasteiger partial charge in [-0.25, -0.2) is 0 Å². The fraction of sp³-hybridized carbons (Fsp3) is 0.250. The van der Waals surface area contributed by atoms with Crippen molar-refractivity contribution in [1.29, 1.82) is 0 Å². The third kappa shape index (κ3) is 1.26. The highest BCUT2D eigenvalue weighted by atomic mass is 127. The van der Waals surface area contributed by atoms with Crippen LogP contribution >= 0.6 is 22.6 Å². The van der Waals surface area contributed by atoms with Gasteiger partial charge in [-0.1, -0.05) is 12.1 Å².